The van der Waals surface area contributed by atoms with Crippen LogP contribution < -0.4 is 10.2 Å². The number of nitrogens with zero attached hydrogens (tertiary/aromatic N) is 4. The van der Waals surface area contributed by atoms with Gasteiger partial charge in [0.15, 0.2) is 5.82 Å². The van der Waals surface area contributed by atoms with Gasteiger partial charge in [-0.3, -0.25) is 9.89 Å². The maximum Gasteiger partial charge on any atom is 0.409 e. The van der Waals surface area contributed by atoms with E-state index in [2.05, 4.69) is 44.5 Å². The fraction of sp³-hybridized carbons (Fsp3) is 0.448. The van der Waals surface area contributed by atoms with E-state index < -0.39 is 0 Å². The van der Waals surface area contributed by atoms with Gasteiger partial charge in [-0.2, -0.15) is 5.10 Å². The van der Waals surface area contributed by atoms with E-state index in [1.807, 2.05) is 18.2 Å². The SMILES string of the molecule is CCCCOC(=O)N1CCC(NC(=O)c2ccc3[nH]nc(-c4nc5ccc(N6CCOCC6)cc5[nH]4)c3c2)CC1. The molecule has 2 amide bonds. The number of amides is 2. The highest BCUT2D eigenvalue weighted by molar-refractivity contribution is 6.01. The largest absolute Gasteiger partial charge is 0.449 e. The molecule has 210 valence electrons. The fourth-order valence-electron chi connectivity index (χ4n) is 5.33. The van der Waals surface area contributed by atoms with Crippen molar-refractivity contribution in [3.63, 3.8) is 0 Å². The van der Waals surface area contributed by atoms with E-state index in [0.29, 0.717) is 49.6 Å². The number of anilines is 1. The number of H-pyrrole nitrogens is 2. The molecule has 0 radical (unpaired) electrons. The van der Waals surface area contributed by atoms with Crippen LogP contribution in [-0.4, -0.2) is 89.1 Å². The monoisotopic (exact) mass is 545 g/mol. The van der Waals surface area contributed by atoms with Crippen LogP contribution >= 0.6 is 0 Å². The van der Waals surface area contributed by atoms with Crippen LogP contribution in [0.25, 0.3) is 33.5 Å². The lowest BCUT2D eigenvalue weighted by Gasteiger charge is -2.31. The van der Waals surface area contributed by atoms with Crippen molar-refractivity contribution in [1.29, 1.82) is 0 Å². The Kier molecular flexibility index (Phi) is 7.54. The van der Waals surface area contributed by atoms with Gasteiger partial charge in [0.05, 0.1) is 36.4 Å². The van der Waals surface area contributed by atoms with Gasteiger partial charge < -0.3 is 29.6 Å². The summed E-state index contributed by atoms with van der Waals surface area (Å²) in [7, 11) is 0. The molecule has 2 aromatic carbocycles. The zero-order valence-corrected chi connectivity index (χ0v) is 22.7. The van der Waals surface area contributed by atoms with Crippen LogP contribution in [0.2, 0.25) is 0 Å². The predicted octanol–water partition coefficient (Wildman–Crippen LogP) is 4.07. The molecule has 2 fully saturated rings. The van der Waals surface area contributed by atoms with E-state index in [4.69, 9.17) is 14.5 Å². The number of benzene rings is 2. The summed E-state index contributed by atoms with van der Waals surface area (Å²) in [5.74, 6) is 0.508. The van der Waals surface area contributed by atoms with Crippen LogP contribution in [0.3, 0.4) is 0 Å². The molecule has 0 unspecified atom stereocenters. The Labute approximate surface area is 232 Å². The quantitative estimate of drug-likeness (QED) is 0.299. The third-order valence-electron chi connectivity index (χ3n) is 7.70. The number of carbonyl (C=O) groups is 2. The third-order valence-corrected chi connectivity index (χ3v) is 7.70. The number of imidazole rings is 1. The molecule has 11 heteroatoms. The number of fused-ring (bicyclic) bond motifs is 2. The first-order valence-corrected chi connectivity index (χ1v) is 14.1. The van der Waals surface area contributed by atoms with Crippen LogP contribution in [0.5, 0.6) is 0 Å². The summed E-state index contributed by atoms with van der Waals surface area (Å²) in [6.45, 7) is 6.85. The van der Waals surface area contributed by atoms with E-state index in [1.54, 1.807) is 11.0 Å². The van der Waals surface area contributed by atoms with Crippen LogP contribution in [0, 0.1) is 0 Å². The summed E-state index contributed by atoms with van der Waals surface area (Å²) in [4.78, 5) is 37.6. The number of unbranched alkanes of at least 4 members (excludes halogenated alkanes) is 1. The average Bonchev–Trinajstić information content (AvgIpc) is 3.61. The second-order valence-corrected chi connectivity index (χ2v) is 10.4. The molecule has 40 heavy (non-hydrogen) atoms. The lowest BCUT2D eigenvalue weighted by molar-refractivity contribution is 0.0836. The van der Waals surface area contributed by atoms with Crippen molar-refractivity contribution in [3.05, 3.63) is 42.0 Å². The van der Waals surface area contributed by atoms with Gasteiger partial charge in [-0.15, -0.1) is 0 Å². The minimum absolute atomic E-state index is 0.00254. The minimum atomic E-state index is -0.265. The summed E-state index contributed by atoms with van der Waals surface area (Å²) in [5, 5.41) is 11.5. The lowest BCUT2D eigenvalue weighted by Crippen LogP contribution is -2.46. The Morgan fingerprint density at radius 3 is 2.70 bits per heavy atom. The van der Waals surface area contributed by atoms with Crippen molar-refractivity contribution >= 4 is 39.6 Å². The van der Waals surface area contributed by atoms with E-state index in [0.717, 1.165) is 66.8 Å². The zero-order chi connectivity index (χ0) is 27.5. The number of piperidine rings is 1. The molecule has 4 aromatic rings. The Bertz CT molecular complexity index is 1500. The maximum atomic E-state index is 13.2. The van der Waals surface area contributed by atoms with Crippen molar-refractivity contribution in [3.8, 4) is 11.5 Å². The van der Waals surface area contributed by atoms with Gasteiger partial charge in [-0.1, -0.05) is 13.3 Å². The van der Waals surface area contributed by atoms with Gasteiger partial charge >= 0.3 is 6.09 Å². The number of hydrogen-bond acceptors (Lipinski definition) is 7. The standard InChI is InChI=1S/C29H35N7O4/c1-2-3-14-40-29(38)36-10-8-20(9-11-36)30-28(37)19-4-6-23-22(17-19)26(34-33-23)27-31-24-7-5-21(18-25(24)32-27)35-12-15-39-16-13-35/h4-7,17-18,20H,2-3,8-16H2,1H3,(H,30,37)(H,31,32)(H,33,34). The summed E-state index contributed by atoms with van der Waals surface area (Å²) >= 11 is 0. The van der Waals surface area contributed by atoms with Gasteiger partial charge in [-0.05, 0) is 55.7 Å². The number of carbonyl (C=O) groups excluding carboxylic acids is 2. The average molecular weight is 546 g/mol. The molecule has 6 rings (SSSR count). The molecule has 2 aliphatic heterocycles. The minimum Gasteiger partial charge on any atom is -0.449 e. The number of ether oxygens (including phenoxy) is 2. The summed E-state index contributed by atoms with van der Waals surface area (Å²) in [5.41, 5.74) is 4.99. The molecular formula is C29H35N7O4. The Morgan fingerprint density at radius 2 is 1.90 bits per heavy atom. The highest BCUT2D eigenvalue weighted by Crippen LogP contribution is 2.29. The summed E-state index contributed by atoms with van der Waals surface area (Å²) in [6.07, 6.45) is 2.98. The zero-order valence-electron chi connectivity index (χ0n) is 22.7. The van der Waals surface area contributed by atoms with Crippen molar-refractivity contribution in [2.75, 3.05) is 50.9 Å². The van der Waals surface area contributed by atoms with Crippen LogP contribution in [0.4, 0.5) is 10.5 Å². The molecule has 0 spiro atoms. The number of rotatable bonds is 7. The van der Waals surface area contributed by atoms with Crippen molar-refractivity contribution in [2.24, 2.45) is 0 Å². The number of aromatic amines is 2. The van der Waals surface area contributed by atoms with Crippen LogP contribution in [0.1, 0.15) is 43.0 Å². The summed E-state index contributed by atoms with van der Waals surface area (Å²) in [6, 6.07) is 11.7. The second-order valence-electron chi connectivity index (χ2n) is 10.4. The van der Waals surface area contributed by atoms with Crippen molar-refractivity contribution in [1.82, 2.24) is 30.4 Å². The fourth-order valence-corrected chi connectivity index (χ4v) is 5.33. The van der Waals surface area contributed by atoms with Gasteiger partial charge in [0, 0.05) is 48.9 Å². The number of nitrogens with one attached hydrogen (secondary N) is 3. The second kappa shape index (κ2) is 11.5. The van der Waals surface area contributed by atoms with Crippen molar-refractivity contribution in [2.45, 2.75) is 38.6 Å². The van der Waals surface area contributed by atoms with Crippen LogP contribution in [0.15, 0.2) is 36.4 Å². The smallest absolute Gasteiger partial charge is 0.409 e. The Morgan fingerprint density at radius 1 is 1.07 bits per heavy atom. The predicted molar refractivity (Wildman–Crippen MR) is 153 cm³/mol. The van der Waals surface area contributed by atoms with Crippen LogP contribution in [-0.2, 0) is 9.47 Å². The van der Waals surface area contributed by atoms with E-state index in [-0.39, 0.29) is 18.0 Å². The van der Waals surface area contributed by atoms with Gasteiger partial charge in [-0.25, -0.2) is 9.78 Å². The molecule has 11 nitrogen and oxygen atoms in total. The van der Waals surface area contributed by atoms with E-state index in [1.165, 1.54) is 0 Å². The highest BCUT2D eigenvalue weighted by atomic mass is 16.6. The number of aromatic nitrogens is 4. The van der Waals surface area contributed by atoms with E-state index >= 15 is 0 Å². The first-order chi connectivity index (χ1) is 19.6. The summed E-state index contributed by atoms with van der Waals surface area (Å²) < 4.78 is 10.8. The molecular weight excluding hydrogens is 510 g/mol. The number of likely N-dealkylation sites (tertiary alicyclic amines) is 1. The molecule has 3 N–H and O–H groups in total. The maximum absolute atomic E-state index is 13.2. The first-order valence-electron chi connectivity index (χ1n) is 14.1. The molecule has 0 atom stereocenters. The number of morpholine rings is 1. The highest BCUT2D eigenvalue weighted by Gasteiger charge is 2.25. The lowest BCUT2D eigenvalue weighted by atomic mass is 10.0. The molecule has 4 heterocycles. The van der Waals surface area contributed by atoms with Gasteiger partial charge in [0.1, 0.15) is 5.69 Å². The topological polar surface area (TPSA) is 128 Å². The molecule has 2 saturated heterocycles. The van der Waals surface area contributed by atoms with Crippen molar-refractivity contribution < 1.29 is 19.1 Å². The molecule has 2 aromatic heterocycles. The molecule has 0 saturated carbocycles. The first kappa shape index (κ1) is 26.1. The van der Waals surface area contributed by atoms with E-state index in [9.17, 15) is 9.59 Å². The molecule has 0 aliphatic carbocycles. The normalized spacial score (nSPS) is 16.5. The Balaban J connectivity index is 1.14. The molecule has 2 aliphatic rings. The molecule has 0 bridgehead atoms. The third kappa shape index (κ3) is 5.46. The number of hydrogen-bond donors (Lipinski definition) is 3. The van der Waals surface area contributed by atoms with Gasteiger partial charge in [0.2, 0.25) is 0 Å². The van der Waals surface area contributed by atoms with Gasteiger partial charge in [0.25, 0.3) is 5.91 Å². The Hall–Kier alpha value is -4.12.